The first kappa shape index (κ1) is 14.9. The molecular formula is C19H28O3. The Morgan fingerprint density at radius 1 is 1.05 bits per heavy atom. The van der Waals surface area contributed by atoms with Crippen molar-refractivity contribution in [3.05, 3.63) is 0 Å². The highest BCUT2D eigenvalue weighted by Crippen LogP contribution is 2.64. The Kier molecular flexibility index (Phi) is 3.15. The molecule has 0 unspecified atom stereocenters. The number of carbonyl (C=O) groups excluding carboxylic acids is 2. The van der Waals surface area contributed by atoms with Gasteiger partial charge in [0.25, 0.3) is 0 Å². The molecule has 4 saturated carbocycles. The van der Waals surface area contributed by atoms with Gasteiger partial charge in [0.1, 0.15) is 11.6 Å². The third-order valence-corrected chi connectivity index (χ3v) is 8.15. The fourth-order valence-corrected chi connectivity index (χ4v) is 6.68. The summed E-state index contributed by atoms with van der Waals surface area (Å²) in [5.41, 5.74) is -0.0288. The van der Waals surface area contributed by atoms with Gasteiger partial charge in [0.2, 0.25) is 0 Å². The summed E-state index contributed by atoms with van der Waals surface area (Å²) >= 11 is 0. The molecule has 4 aliphatic rings. The summed E-state index contributed by atoms with van der Waals surface area (Å²) < 4.78 is 0. The van der Waals surface area contributed by atoms with Crippen LogP contribution in [0, 0.1) is 34.5 Å². The Morgan fingerprint density at radius 2 is 1.82 bits per heavy atom. The second kappa shape index (κ2) is 4.66. The van der Waals surface area contributed by atoms with Gasteiger partial charge in [-0.3, -0.25) is 9.59 Å². The zero-order valence-corrected chi connectivity index (χ0v) is 13.8. The van der Waals surface area contributed by atoms with Crippen molar-refractivity contribution in [3.8, 4) is 0 Å². The minimum absolute atomic E-state index is 0.113. The lowest BCUT2D eigenvalue weighted by Crippen LogP contribution is -2.57. The number of rotatable bonds is 0. The topological polar surface area (TPSA) is 54.4 Å². The smallest absolute Gasteiger partial charge is 0.139 e. The van der Waals surface area contributed by atoms with Gasteiger partial charge in [0.15, 0.2) is 0 Å². The molecule has 22 heavy (non-hydrogen) atoms. The number of hydrogen-bond donors (Lipinski definition) is 1. The fourth-order valence-electron chi connectivity index (χ4n) is 6.68. The van der Waals surface area contributed by atoms with Crippen molar-refractivity contribution in [1.82, 2.24) is 0 Å². The van der Waals surface area contributed by atoms with Gasteiger partial charge in [0, 0.05) is 24.2 Å². The van der Waals surface area contributed by atoms with E-state index in [0.29, 0.717) is 36.2 Å². The molecule has 4 aliphatic carbocycles. The van der Waals surface area contributed by atoms with E-state index in [2.05, 4.69) is 13.8 Å². The number of ketones is 2. The standard InChI is InChI=1S/C19H28O3/c1-18-7-5-12(20)9-11(18)10-15(21)17-13-3-4-16(22)19(13,2)8-6-14(17)18/h11-14,17,20H,3-10H2,1-2H3/t11-,12-,13-,14-,17-,18+,19+/m1/s1. The van der Waals surface area contributed by atoms with Crippen LogP contribution in [0.15, 0.2) is 0 Å². The molecule has 7 atom stereocenters. The van der Waals surface area contributed by atoms with Crippen LogP contribution in [0.5, 0.6) is 0 Å². The van der Waals surface area contributed by atoms with Crippen LogP contribution in [0.25, 0.3) is 0 Å². The summed E-state index contributed by atoms with van der Waals surface area (Å²) in [4.78, 5) is 25.3. The third kappa shape index (κ3) is 1.78. The average Bonchev–Trinajstić information content (AvgIpc) is 2.77. The third-order valence-electron chi connectivity index (χ3n) is 8.15. The Bertz CT molecular complexity index is 527. The molecule has 0 radical (unpaired) electrons. The zero-order chi connectivity index (χ0) is 15.7. The fraction of sp³-hybridized carbons (Fsp3) is 0.895. The molecule has 0 saturated heterocycles. The molecule has 0 aromatic carbocycles. The van der Waals surface area contributed by atoms with Crippen molar-refractivity contribution >= 4 is 11.6 Å². The minimum atomic E-state index is -0.228. The van der Waals surface area contributed by atoms with Crippen molar-refractivity contribution < 1.29 is 14.7 Å². The van der Waals surface area contributed by atoms with Gasteiger partial charge in [0.05, 0.1) is 6.10 Å². The normalized spacial score (nSPS) is 54.6. The first-order valence-electron chi connectivity index (χ1n) is 9.10. The van der Waals surface area contributed by atoms with Gasteiger partial charge in [-0.15, -0.1) is 0 Å². The molecule has 1 N–H and O–H groups in total. The second-order valence-corrected chi connectivity index (χ2v) is 8.96. The van der Waals surface area contributed by atoms with Crippen molar-refractivity contribution in [2.24, 2.45) is 34.5 Å². The van der Waals surface area contributed by atoms with Crippen LogP contribution in [-0.2, 0) is 9.59 Å². The van der Waals surface area contributed by atoms with Crippen molar-refractivity contribution in [3.63, 3.8) is 0 Å². The van der Waals surface area contributed by atoms with Gasteiger partial charge in [-0.2, -0.15) is 0 Å². The van der Waals surface area contributed by atoms with E-state index in [1.54, 1.807) is 0 Å². The molecule has 3 nitrogen and oxygen atoms in total. The van der Waals surface area contributed by atoms with E-state index in [9.17, 15) is 14.7 Å². The van der Waals surface area contributed by atoms with Gasteiger partial charge in [-0.25, -0.2) is 0 Å². The first-order valence-corrected chi connectivity index (χ1v) is 9.10. The quantitative estimate of drug-likeness (QED) is 0.748. The predicted molar refractivity (Wildman–Crippen MR) is 83.1 cm³/mol. The van der Waals surface area contributed by atoms with Crippen molar-refractivity contribution in [1.29, 1.82) is 0 Å². The molecule has 0 heterocycles. The van der Waals surface area contributed by atoms with Crippen LogP contribution in [0.2, 0.25) is 0 Å². The number of aliphatic hydroxyl groups excluding tert-OH is 1. The second-order valence-electron chi connectivity index (χ2n) is 8.96. The highest BCUT2D eigenvalue weighted by Gasteiger charge is 2.62. The van der Waals surface area contributed by atoms with Crippen LogP contribution in [-0.4, -0.2) is 22.8 Å². The van der Waals surface area contributed by atoms with E-state index < -0.39 is 0 Å². The SMILES string of the molecule is C[C@]12CC[C@@H](O)C[C@@H]1CC(=O)[C@H]1[C@H]2CC[C@]2(C)C(=O)CC[C@H]12. The van der Waals surface area contributed by atoms with Crippen molar-refractivity contribution in [2.45, 2.75) is 71.3 Å². The predicted octanol–water partition coefficient (Wildman–Crippen LogP) is 3.14. The number of aliphatic hydroxyl groups is 1. The van der Waals surface area contributed by atoms with E-state index in [4.69, 9.17) is 0 Å². The molecule has 3 heteroatoms. The number of carbonyl (C=O) groups is 2. The van der Waals surface area contributed by atoms with Crippen molar-refractivity contribution in [2.75, 3.05) is 0 Å². The molecule has 122 valence electrons. The number of hydrogen-bond acceptors (Lipinski definition) is 3. The molecule has 0 bridgehead atoms. The van der Waals surface area contributed by atoms with Gasteiger partial charge < -0.3 is 5.11 Å². The molecule has 0 aromatic heterocycles. The maximum absolute atomic E-state index is 12.9. The largest absolute Gasteiger partial charge is 0.393 e. The highest BCUT2D eigenvalue weighted by molar-refractivity contribution is 5.90. The molecule has 0 aliphatic heterocycles. The lowest BCUT2D eigenvalue weighted by atomic mass is 9.45. The highest BCUT2D eigenvalue weighted by atomic mass is 16.3. The number of fused-ring (bicyclic) bond motifs is 5. The van der Waals surface area contributed by atoms with E-state index in [1.165, 1.54) is 0 Å². The van der Waals surface area contributed by atoms with Crippen LogP contribution >= 0.6 is 0 Å². The molecule has 0 spiro atoms. The Hall–Kier alpha value is -0.700. The summed E-state index contributed by atoms with van der Waals surface area (Å²) in [6.07, 6.45) is 6.73. The molecule has 0 aromatic rings. The molecule has 0 amide bonds. The lowest BCUT2D eigenvalue weighted by Gasteiger charge is -2.59. The Balaban J connectivity index is 1.70. The summed E-state index contributed by atoms with van der Waals surface area (Å²) in [5, 5.41) is 10.0. The van der Waals surface area contributed by atoms with E-state index >= 15 is 0 Å². The summed E-state index contributed by atoms with van der Waals surface area (Å²) in [5.74, 6) is 1.99. The average molecular weight is 304 g/mol. The van der Waals surface area contributed by atoms with E-state index in [-0.39, 0.29) is 28.8 Å². The molecule has 4 fully saturated rings. The Morgan fingerprint density at radius 3 is 2.59 bits per heavy atom. The maximum atomic E-state index is 12.9. The molecular weight excluding hydrogens is 276 g/mol. The Labute approximate surface area is 132 Å². The maximum Gasteiger partial charge on any atom is 0.139 e. The van der Waals surface area contributed by atoms with Crippen LogP contribution in [0.1, 0.15) is 65.2 Å². The van der Waals surface area contributed by atoms with Crippen LogP contribution in [0.4, 0.5) is 0 Å². The lowest BCUT2D eigenvalue weighted by molar-refractivity contribution is -0.160. The molecule has 4 rings (SSSR count). The minimum Gasteiger partial charge on any atom is -0.393 e. The zero-order valence-electron chi connectivity index (χ0n) is 13.8. The summed E-state index contributed by atoms with van der Waals surface area (Å²) in [7, 11) is 0. The van der Waals surface area contributed by atoms with Crippen LogP contribution < -0.4 is 0 Å². The first-order chi connectivity index (χ1) is 10.4. The monoisotopic (exact) mass is 304 g/mol. The van der Waals surface area contributed by atoms with E-state index in [0.717, 1.165) is 38.5 Å². The summed E-state index contributed by atoms with van der Waals surface area (Å²) in [6.45, 7) is 4.49. The summed E-state index contributed by atoms with van der Waals surface area (Å²) in [6, 6.07) is 0. The van der Waals surface area contributed by atoms with Gasteiger partial charge in [-0.1, -0.05) is 13.8 Å². The van der Waals surface area contributed by atoms with E-state index in [1.807, 2.05) is 0 Å². The van der Waals surface area contributed by atoms with Crippen LogP contribution in [0.3, 0.4) is 0 Å². The van der Waals surface area contributed by atoms with Gasteiger partial charge in [-0.05, 0) is 61.7 Å². The number of Topliss-reactive ketones (excluding diaryl/α,β-unsaturated/α-hetero) is 2. The van der Waals surface area contributed by atoms with Gasteiger partial charge >= 0.3 is 0 Å².